The van der Waals surface area contributed by atoms with E-state index in [9.17, 15) is 14.0 Å². The third-order valence-corrected chi connectivity index (χ3v) is 3.86. The molecular weight excluding hydrogens is 359 g/mol. The molecule has 3 rings (SSSR count). The molecule has 0 radical (unpaired) electrons. The number of amides is 2. The van der Waals surface area contributed by atoms with Crippen LogP contribution < -0.4 is 16.0 Å². The molecule has 3 N–H and O–H groups in total. The molecule has 2 amide bonds. The molecule has 0 saturated carbocycles. The van der Waals surface area contributed by atoms with Crippen molar-refractivity contribution in [3.63, 3.8) is 0 Å². The number of carbonyl (C=O) groups excluding carboxylic acids is 2. The van der Waals surface area contributed by atoms with Gasteiger partial charge in [0.05, 0.1) is 17.4 Å². The molecule has 0 spiro atoms. The highest BCUT2D eigenvalue weighted by atomic mass is 19.1. The quantitative estimate of drug-likeness (QED) is 0.608. The maximum absolute atomic E-state index is 12.9. The van der Waals surface area contributed by atoms with E-state index in [0.717, 1.165) is 11.3 Å². The number of hydrogen-bond acceptors (Lipinski definition) is 4. The van der Waals surface area contributed by atoms with Crippen LogP contribution in [0.25, 0.3) is 0 Å². The maximum atomic E-state index is 12.9. The number of carbonyl (C=O) groups is 2. The Bertz CT molecular complexity index is 972. The summed E-state index contributed by atoms with van der Waals surface area (Å²) in [5.41, 5.74) is 3.35. The summed E-state index contributed by atoms with van der Waals surface area (Å²) in [6, 6.07) is 14.8. The first-order valence-electron chi connectivity index (χ1n) is 8.62. The Kier molecular flexibility index (Phi) is 5.96. The zero-order chi connectivity index (χ0) is 19.9. The van der Waals surface area contributed by atoms with E-state index in [1.807, 2.05) is 12.1 Å². The fraction of sp³-hybridized carbons (Fsp3) is 0.0952. The van der Waals surface area contributed by atoms with Gasteiger partial charge in [0, 0.05) is 31.0 Å². The molecule has 1 aromatic heterocycles. The van der Waals surface area contributed by atoms with Gasteiger partial charge in [-0.3, -0.25) is 14.6 Å². The topological polar surface area (TPSA) is 83.1 Å². The molecule has 1 heterocycles. The van der Waals surface area contributed by atoms with Crippen LogP contribution in [0.2, 0.25) is 0 Å². The van der Waals surface area contributed by atoms with Gasteiger partial charge in [0.1, 0.15) is 5.82 Å². The highest BCUT2D eigenvalue weighted by molar-refractivity contribution is 5.94. The first-order chi connectivity index (χ1) is 13.5. The number of nitrogens with one attached hydrogen (secondary N) is 3. The van der Waals surface area contributed by atoms with Gasteiger partial charge in [-0.25, -0.2) is 4.39 Å². The van der Waals surface area contributed by atoms with Crippen molar-refractivity contribution in [3.8, 4) is 0 Å². The Morgan fingerprint density at radius 3 is 2.29 bits per heavy atom. The lowest BCUT2D eigenvalue weighted by Gasteiger charge is -2.10. The van der Waals surface area contributed by atoms with Crippen LogP contribution in [0.15, 0.2) is 67.0 Å². The number of hydrogen-bond donors (Lipinski definition) is 3. The van der Waals surface area contributed by atoms with Crippen LogP contribution in [0.3, 0.4) is 0 Å². The van der Waals surface area contributed by atoms with Crippen molar-refractivity contribution in [2.24, 2.45) is 0 Å². The lowest BCUT2D eigenvalue weighted by Crippen LogP contribution is -2.23. The monoisotopic (exact) mass is 378 g/mol. The summed E-state index contributed by atoms with van der Waals surface area (Å²) in [6.07, 6.45) is 3.09. The van der Waals surface area contributed by atoms with Crippen molar-refractivity contribution in [2.75, 3.05) is 10.6 Å². The zero-order valence-corrected chi connectivity index (χ0v) is 15.2. The molecule has 2 aromatic carbocycles. The van der Waals surface area contributed by atoms with Crippen molar-refractivity contribution in [1.82, 2.24) is 10.3 Å². The second-order valence-corrected chi connectivity index (χ2v) is 6.15. The summed E-state index contributed by atoms with van der Waals surface area (Å²) in [4.78, 5) is 27.5. The molecule has 3 aromatic rings. The third kappa shape index (κ3) is 5.38. The van der Waals surface area contributed by atoms with Gasteiger partial charge in [0.15, 0.2) is 0 Å². The zero-order valence-electron chi connectivity index (χ0n) is 15.2. The fourth-order valence-electron chi connectivity index (χ4n) is 2.53. The molecule has 0 unspecified atom stereocenters. The Morgan fingerprint density at radius 2 is 1.61 bits per heavy atom. The van der Waals surface area contributed by atoms with Crippen molar-refractivity contribution in [2.45, 2.75) is 13.5 Å². The first-order valence-corrected chi connectivity index (χ1v) is 8.62. The first kappa shape index (κ1) is 19.0. The highest BCUT2D eigenvalue weighted by Gasteiger charge is 2.07. The van der Waals surface area contributed by atoms with E-state index >= 15 is 0 Å². The molecule has 0 atom stereocenters. The minimum absolute atomic E-state index is 0.135. The van der Waals surface area contributed by atoms with Gasteiger partial charge in [0.25, 0.3) is 5.91 Å². The lowest BCUT2D eigenvalue weighted by molar-refractivity contribution is -0.114. The number of rotatable bonds is 6. The lowest BCUT2D eigenvalue weighted by atomic mass is 10.2. The predicted octanol–water partition coefficient (Wildman–Crippen LogP) is 3.85. The fourth-order valence-corrected chi connectivity index (χ4v) is 2.53. The second-order valence-electron chi connectivity index (χ2n) is 6.15. The Balaban J connectivity index is 1.62. The van der Waals surface area contributed by atoms with Gasteiger partial charge in [0.2, 0.25) is 5.91 Å². The molecule has 0 aliphatic rings. The number of aromatic nitrogens is 1. The van der Waals surface area contributed by atoms with Crippen molar-refractivity contribution < 1.29 is 14.0 Å². The van der Waals surface area contributed by atoms with Crippen LogP contribution in [0.1, 0.15) is 22.8 Å². The van der Waals surface area contributed by atoms with Gasteiger partial charge < -0.3 is 16.0 Å². The van der Waals surface area contributed by atoms with Crippen LogP contribution in [-0.4, -0.2) is 16.8 Å². The SMILES string of the molecule is CC(=O)Nc1ccc(Nc2cncc(C(=O)NCc3ccc(F)cc3)c2)cc1. The summed E-state index contributed by atoms with van der Waals surface area (Å²) in [5, 5.41) is 8.64. The average Bonchev–Trinajstić information content (AvgIpc) is 2.69. The molecule has 0 bridgehead atoms. The molecule has 0 aliphatic carbocycles. The van der Waals surface area contributed by atoms with Crippen LogP contribution in [0.4, 0.5) is 21.5 Å². The van der Waals surface area contributed by atoms with Gasteiger partial charge >= 0.3 is 0 Å². The molecule has 0 aliphatic heterocycles. The minimum Gasteiger partial charge on any atom is -0.354 e. The summed E-state index contributed by atoms with van der Waals surface area (Å²) < 4.78 is 12.9. The summed E-state index contributed by atoms with van der Waals surface area (Å²) >= 11 is 0. The largest absolute Gasteiger partial charge is 0.354 e. The van der Waals surface area contributed by atoms with E-state index in [0.29, 0.717) is 23.5 Å². The number of anilines is 3. The van der Waals surface area contributed by atoms with E-state index in [1.54, 1.807) is 36.5 Å². The van der Waals surface area contributed by atoms with Crippen LogP contribution in [0.5, 0.6) is 0 Å². The predicted molar refractivity (Wildman–Crippen MR) is 106 cm³/mol. The molecular formula is C21H19FN4O2. The molecule has 28 heavy (non-hydrogen) atoms. The number of pyridine rings is 1. The van der Waals surface area contributed by atoms with E-state index < -0.39 is 0 Å². The Labute approximate surface area is 161 Å². The number of benzene rings is 2. The van der Waals surface area contributed by atoms with Crippen molar-refractivity contribution in [3.05, 3.63) is 83.9 Å². The second kappa shape index (κ2) is 8.77. The molecule has 142 valence electrons. The van der Waals surface area contributed by atoms with E-state index in [4.69, 9.17) is 0 Å². The standard InChI is InChI=1S/C21H19FN4O2/c1-14(27)25-18-6-8-19(9-7-18)26-20-10-16(12-23-13-20)21(28)24-11-15-2-4-17(22)5-3-15/h2-10,12-13,26H,11H2,1H3,(H,24,28)(H,25,27). The summed E-state index contributed by atoms with van der Waals surface area (Å²) in [6.45, 7) is 1.74. The van der Waals surface area contributed by atoms with Gasteiger partial charge in [-0.2, -0.15) is 0 Å². The highest BCUT2D eigenvalue weighted by Crippen LogP contribution is 2.19. The Morgan fingerprint density at radius 1 is 0.929 bits per heavy atom. The van der Waals surface area contributed by atoms with Crippen molar-refractivity contribution in [1.29, 1.82) is 0 Å². The van der Waals surface area contributed by atoms with E-state index in [1.165, 1.54) is 25.3 Å². The minimum atomic E-state index is -0.317. The van der Waals surface area contributed by atoms with E-state index in [2.05, 4.69) is 20.9 Å². The molecule has 6 nitrogen and oxygen atoms in total. The number of halogens is 1. The van der Waals surface area contributed by atoms with E-state index in [-0.39, 0.29) is 17.6 Å². The van der Waals surface area contributed by atoms with Crippen molar-refractivity contribution >= 4 is 28.9 Å². The van der Waals surface area contributed by atoms with Gasteiger partial charge in [-0.15, -0.1) is 0 Å². The molecule has 7 heteroatoms. The summed E-state index contributed by atoms with van der Waals surface area (Å²) in [7, 11) is 0. The van der Waals surface area contributed by atoms with Crippen LogP contribution in [0, 0.1) is 5.82 Å². The molecule has 0 fully saturated rings. The summed E-state index contributed by atoms with van der Waals surface area (Å²) in [5.74, 6) is -0.728. The van der Waals surface area contributed by atoms with Crippen LogP contribution >= 0.6 is 0 Å². The smallest absolute Gasteiger partial charge is 0.253 e. The third-order valence-electron chi connectivity index (χ3n) is 3.86. The Hall–Kier alpha value is -3.74. The van der Waals surface area contributed by atoms with Gasteiger partial charge in [-0.1, -0.05) is 12.1 Å². The maximum Gasteiger partial charge on any atom is 0.253 e. The van der Waals surface area contributed by atoms with Crippen LogP contribution in [-0.2, 0) is 11.3 Å². The normalized spacial score (nSPS) is 10.2. The average molecular weight is 378 g/mol. The van der Waals surface area contributed by atoms with Gasteiger partial charge in [-0.05, 0) is 48.0 Å². The molecule has 0 saturated heterocycles. The number of nitrogens with zero attached hydrogens (tertiary/aromatic N) is 1.